The summed E-state index contributed by atoms with van der Waals surface area (Å²) in [5.41, 5.74) is 3.09. The van der Waals surface area contributed by atoms with E-state index in [9.17, 15) is 0 Å². The third-order valence-corrected chi connectivity index (χ3v) is 3.63. The van der Waals surface area contributed by atoms with E-state index in [0.29, 0.717) is 0 Å². The standard InChI is InChI=1S/C19H14N2/c1-2-6-15-11-17(10-9-14(15)5-1)21-18-12-16-7-3-4-8-19(16)20-13-18/h1-13,21H. The van der Waals surface area contributed by atoms with Gasteiger partial charge in [0.05, 0.1) is 17.4 Å². The Labute approximate surface area is 123 Å². The Hall–Kier alpha value is -2.87. The Kier molecular flexibility index (Phi) is 2.79. The van der Waals surface area contributed by atoms with Gasteiger partial charge >= 0.3 is 0 Å². The van der Waals surface area contributed by atoms with Crippen molar-refractivity contribution in [3.63, 3.8) is 0 Å². The van der Waals surface area contributed by atoms with E-state index in [1.54, 1.807) is 0 Å². The van der Waals surface area contributed by atoms with Crippen molar-refractivity contribution in [2.24, 2.45) is 0 Å². The Morgan fingerprint density at radius 1 is 0.619 bits per heavy atom. The highest BCUT2D eigenvalue weighted by Gasteiger charge is 1.99. The summed E-state index contributed by atoms with van der Waals surface area (Å²) in [6, 6.07) is 25.0. The van der Waals surface area contributed by atoms with E-state index < -0.39 is 0 Å². The number of nitrogens with one attached hydrogen (secondary N) is 1. The maximum absolute atomic E-state index is 4.48. The lowest BCUT2D eigenvalue weighted by Crippen LogP contribution is -1.91. The fourth-order valence-electron chi connectivity index (χ4n) is 2.57. The number of para-hydroxylation sites is 1. The molecule has 3 aromatic carbocycles. The molecule has 1 aromatic heterocycles. The number of anilines is 2. The first kappa shape index (κ1) is 11.9. The van der Waals surface area contributed by atoms with Gasteiger partial charge in [0, 0.05) is 11.1 Å². The van der Waals surface area contributed by atoms with Crippen LogP contribution in [-0.4, -0.2) is 4.98 Å². The van der Waals surface area contributed by atoms with Crippen LogP contribution in [0.3, 0.4) is 0 Å². The van der Waals surface area contributed by atoms with Gasteiger partial charge in [-0.05, 0) is 35.0 Å². The van der Waals surface area contributed by atoms with Gasteiger partial charge in [-0.1, -0.05) is 48.5 Å². The zero-order chi connectivity index (χ0) is 14.1. The molecule has 0 saturated heterocycles. The molecule has 0 spiro atoms. The second-order valence-electron chi connectivity index (χ2n) is 5.10. The molecule has 0 aliphatic carbocycles. The summed E-state index contributed by atoms with van der Waals surface area (Å²) in [5.74, 6) is 0. The first-order valence-electron chi connectivity index (χ1n) is 6.99. The summed E-state index contributed by atoms with van der Waals surface area (Å²) >= 11 is 0. The number of benzene rings is 3. The smallest absolute Gasteiger partial charge is 0.0703 e. The third kappa shape index (κ3) is 2.32. The van der Waals surface area contributed by atoms with Crippen LogP contribution in [-0.2, 0) is 0 Å². The second-order valence-corrected chi connectivity index (χ2v) is 5.10. The van der Waals surface area contributed by atoms with Gasteiger partial charge in [-0.2, -0.15) is 0 Å². The number of hydrogen-bond donors (Lipinski definition) is 1. The Morgan fingerprint density at radius 2 is 1.33 bits per heavy atom. The molecule has 0 atom stereocenters. The summed E-state index contributed by atoms with van der Waals surface area (Å²) in [6.07, 6.45) is 1.87. The van der Waals surface area contributed by atoms with Gasteiger partial charge in [-0.15, -0.1) is 0 Å². The summed E-state index contributed by atoms with van der Waals surface area (Å²) in [6.45, 7) is 0. The normalized spacial score (nSPS) is 10.9. The van der Waals surface area contributed by atoms with Crippen molar-refractivity contribution in [3.05, 3.63) is 79.0 Å². The van der Waals surface area contributed by atoms with E-state index in [4.69, 9.17) is 0 Å². The van der Waals surface area contributed by atoms with Gasteiger partial charge in [0.2, 0.25) is 0 Å². The van der Waals surface area contributed by atoms with Crippen LogP contribution < -0.4 is 5.32 Å². The minimum Gasteiger partial charge on any atom is -0.354 e. The number of aromatic nitrogens is 1. The van der Waals surface area contributed by atoms with Crippen LogP contribution in [0.15, 0.2) is 79.0 Å². The Balaban J connectivity index is 1.71. The highest BCUT2D eigenvalue weighted by molar-refractivity contribution is 5.87. The SMILES string of the molecule is c1ccc2cc(Nc3cnc4ccccc4c3)ccc2c1. The lowest BCUT2D eigenvalue weighted by atomic mass is 10.1. The molecule has 0 unspecified atom stereocenters. The molecule has 0 fully saturated rings. The average molecular weight is 270 g/mol. The molecule has 0 saturated carbocycles. The van der Waals surface area contributed by atoms with Crippen LogP contribution in [0.25, 0.3) is 21.7 Å². The van der Waals surface area contributed by atoms with Gasteiger partial charge in [0.1, 0.15) is 0 Å². The first-order valence-corrected chi connectivity index (χ1v) is 6.99. The molecule has 2 heteroatoms. The zero-order valence-corrected chi connectivity index (χ0v) is 11.5. The van der Waals surface area contributed by atoms with Crippen LogP contribution in [0.2, 0.25) is 0 Å². The molecule has 0 aliphatic rings. The van der Waals surface area contributed by atoms with Gasteiger partial charge in [0.15, 0.2) is 0 Å². The van der Waals surface area contributed by atoms with E-state index in [1.165, 1.54) is 10.8 Å². The van der Waals surface area contributed by atoms with E-state index in [0.717, 1.165) is 22.3 Å². The molecular weight excluding hydrogens is 256 g/mol. The van der Waals surface area contributed by atoms with Crippen LogP contribution in [0.1, 0.15) is 0 Å². The van der Waals surface area contributed by atoms with E-state index in [-0.39, 0.29) is 0 Å². The summed E-state index contributed by atoms with van der Waals surface area (Å²) < 4.78 is 0. The van der Waals surface area contributed by atoms with E-state index in [2.05, 4.69) is 64.9 Å². The molecule has 4 aromatic rings. The van der Waals surface area contributed by atoms with Gasteiger partial charge < -0.3 is 5.32 Å². The minimum absolute atomic E-state index is 1.00. The Morgan fingerprint density at radius 3 is 2.24 bits per heavy atom. The maximum Gasteiger partial charge on any atom is 0.0703 e. The van der Waals surface area contributed by atoms with Crippen LogP contribution >= 0.6 is 0 Å². The fraction of sp³-hybridized carbons (Fsp3) is 0. The van der Waals surface area contributed by atoms with Crippen LogP contribution in [0.5, 0.6) is 0 Å². The second kappa shape index (κ2) is 4.91. The average Bonchev–Trinajstić information content (AvgIpc) is 2.55. The number of pyridine rings is 1. The highest BCUT2D eigenvalue weighted by atomic mass is 14.9. The molecule has 1 N–H and O–H groups in total. The van der Waals surface area contributed by atoms with Crippen LogP contribution in [0, 0.1) is 0 Å². The van der Waals surface area contributed by atoms with E-state index in [1.807, 2.05) is 24.4 Å². The highest BCUT2D eigenvalue weighted by Crippen LogP contribution is 2.23. The summed E-state index contributed by atoms with van der Waals surface area (Å²) in [4.78, 5) is 4.48. The molecule has 0 bridgehead atoms. The number of hydrogen-bond acceptors (Lipinski definition) is 2. The van der Waals surface area contributed by atoms with Crippen molar-refractivity contribution >= 4 is 33.1 Å². The van der Waals surface area contributed by atoms with Crippen molar-refractivity contribution in [1.29, 1.82) is 0 Å². The van der Waals surface area contributed by atoms with E-state index >= 15 is 0 Å². The maximum atomic E-state index is 4.48. The first-order chi connectivity index (χ1) is 10.4. The molecule has 2 nitrogen and oxygen atoms in total. The fourth-order valence-corrected chi connectivity index (χ4v) is 2.57. The molecule has 0 amide bonds. The van der Waals surface area contributed by atoms with Gasteiger partial charge in [-0.3, -0.25) is 4.98 Å². The summed E-state index contributed by atoms with van der Waals surface area (Å²) in [7, 11) is 0. The number of fused-ring (bicyclic) bond motifs is 2. The molecule has 4 rings (SSSR count). The molecule has 21 heavy (non-hydrogen) atoms. The van der Waals surface area contributed by atoms with Crippen molar-refractivity contribution in [2.75, 3.05) is 5.32 Å². The Bertz CT molecular complexity index is 851. The minimum atomic E-state index is 1.00. The van der Waals surface area contributed by atoms with Crippen LogP contribution in [0.4, 0.5) is 11.4 Å². The third-order valence-electron chi connectivity index (χ3n) is 3.63. The van der Waals surface area contributed by atoms with Crippen molar-refractivity contribution in [2.45, 2.75) is 0 Å². The quantitative estimate of drug-likeness (QED) is 0.546. The van der Waals surface area contributed by atoms with Gasteiger partial charge in [-0.25, -0.2) is 0 Å². The van der Waals surface area contributed by atoms with Crippen molar-refractivity contribution in [1.82, 2.24) is 4.98 Å². The predicted octanol–water partition coefficient (Wildman–Crippen LogP) is 5.13. The number of rotatable bonds is 2. The van der Waals surface area contributed by atoms with Gasteiger partial charge in [0.25, 0.3) is 0 Å². The zero-order valence-electron chi connectivity index (χ0n) is 11.5. The molecular formula is C19H14N2. The molecule has 0 radical (unpaired) electrons. The monoisotopic (exact) mass is 270 g/mol. The predicted molar refractivity (Wildman–Crippen MR) is 89.0 cm³/mol. The van der Waals surface area contributed by atoms with Crippen molar-refractivity contribution in [3.8, 4) is 0 Å². The van der Waals surface area contributed by atoms with Crippen molar-refractivity contribution < 1.29 is 0 Å². The topological polar surface area (TPSA) is 24.9 Å². The molecule has 1 heterocycles. The summed E-state index contributed by atoms with van der Waals surface area (Å²) in [5, 5.41) is 7.05. The largest absolute Gasteiger partial charge is 0.354 e. The lowest BCUT2D eigenvalue weighted by molar-refractivity contribution is 1.40. The number of nitrogens with zero attached hydrogens (tertiary/aromatic N) is 1. The molecule has 0 aliphatic heterocycles. The molecule has 100 valence electrons. The lowest BCUT2D eigenvalue weighted by Gasteiger charge is -2.08.